The quantitative estimate of drug-likeness (QED) is 0.686. The minimum atomic E-state index is -0.170. The van der Waals surface area contributed by atoms with Crippen LogP contribution < -0.4 is 5.32 Å². The number of hydrogen-bond donors (Lipinski definition) is 1. The summed E-state index contributed by atoms with van der Waals surface area (Å²) in [5, 5.41) is 3.36. The van der Waals surface area contributed by atoms with Gasteiger partial charge in [-0.3, -0.25) is 0 Å². The minimum absolute atomic E-state index is 0.170. The second-order valence-electron chi connectivity index (χ2n) is 3.83. The largest absolute Gasteiger partial charge is 0.385 e. The Hall–Kier alpha value is -0.930. The second kappa shape index (κ2) is 8.25. The van der Waals surface area contributed by atoms with Crippen LogP contribution in [0.4, 0.5) is 4.39 Å². The van der Waals surface area contributed by atoms with Crippen LogP contribution in [0.25, 0.3) is 0 Å². The Bertz CT molecular complexity index is 274. The highest BCUT2D eigenvalue weighted by Gasteiger charge is 1.94. The first-order valence-electron chi connectivity index (χ1n) is 5.77. The molecule has 0 aliphatic heterocycles. The van der Waals surface area contributed by atoms with E-state index in [1.165, 1.54) is 17.7 Å². The van der Waals surface area contributed by atoms with Crippen molar-refractivity contribution in [2.45, 2.75) is 19.3 Å². The fourth-order valence-electron chi connectivity index (χ4n) is 1.51. The van der Waals surface area contributed by atoms with Gasteiger partial charge in [-0.05, 0) is 50.0 Å². The predicted molar refractivity (Wildman–Crippen MR) is 64.1 cm³/mol. The van der Waals surface area contributed by atoms with Gasteiger partial charge >= 0.3 is 0 Å². The number of halogens is 1. The number of rotatable bonds is 8. The molecule has 0 aliphatic rings. The SMILES string of the molecule is COCCCCNCCc1ccc(F)cc1. The maximum Gasteiger partial charge on any atom is 0.123 e. The number of methoxy groups -OCH3 is 1. The van der Waals surface area contributed by atoms with Gasteiger partial charge in [0.25, 0.3) is 0 Å². The van der Waals surface area contributed by atoms with Crippen molar-refractivity contribution in [3.63, 3.8) is 0 Å². The first kappa shape index (κ1) is 13.1. The molecule has 0 unspecified atom stereocenters. The summed E-state index contributed by atoms with van der Waals surface area (Å²) in [7, 11) is 1.72. The van der Waals surface area contributed by atoms with Crippen molar-refractivity contribution in [3.05, 3.63) is 35.6 Å². The topological polar surface area (TPSA) is 21.3 Å². The van der Waals surface area contributed by atoms with Crippen molar-refractivity contribution in [2.24, 2.45) is 0 Å². The molecule has 0 aliphatic carbocycles. The third kappa shape index (κ3) is 5.83. The summed E-state index contributed by atoms with van der Waals surface area (Å²) in [4.78, 5) is 0. The average Bonchev–Trinajstić information content (AvgIpc) is 2.30. The van der Waals surface area contributed by atoms with E-state index >= 15 is 0 Å². The van der Waals surface area contributed by atoms with E-state index in [0.29, 0.717) is 0 Å². The molecule has 0 aromatic heterocycles. The average molecular weight is 225 g/mol. The lowest BCUT2D eigenvalue weighted by molar-refractivity contribution is 0.192. The van der Waals surface area contributed by atoms with Crippen LogP contribution in [0.3, 0.4) is 0 Å². The maximum absolute atomic E-state index is 12.6. The second-order valence-corrected chi connectivity index (χ2v) is 3.83. The molecule has 90 valence electrons. The molecule has 0 spiro atoms. The third-order valence-corrected chi connectivity index (χ3v) is 2.46. The van der Waals surface area contributed by atoms with Gasteiger partial charge in [0.15, 0.2) is 0 Å². The maximum atomic E-state index is 12.6. The van der Waals surface area contributed by atoms with Crippen LogP contribution in [-0.2, 0) is 11.2 Å². The fourth-order valence-corrected chi connectivity index (χ4v) is 1.51. The molecular formula is C13H20FNO. The van der Waals surface area contributed by atoms with Crippen LogP contribution in [0.1, 0.15) is 18.4 Å². The Morgan fingerprint density at radius 2 is 1.88 bits per heavy atom. The van der Waals surface area contributed by atoms with Crippen molar-refractivity contribution in [2.75, 3.05) is 26.8 Å². The van der Waals surface area contributed by atoms with Gasteiger partial charge in [0.05, 0.1) is 0 Å². The van der Waals surface area contributed by atoms with E-state index in [2.05, 4.69) is 5.32 Å². The smallest absolute Gasteiger partial charge is 0.123 e. The van der Waals surface area contributed by atoms with Crippen LogP contribution in [-0.4, -0.2) is 26.8 Å². The van der Waals surface area contributed by atoms with Crippen molar-refractivity contribution in [3.8, 4) is 0 Å². The van der Waals surface area contributed by atoms with E-state index in [1.807, 2.05) is 12.1 Å². The Morgan fingerprint density at radius 1 is 1.12 bits per heavy atom. The molecule has 0 atom stereocenters. The Balaban J connectivity index is 2.01. The molecule has 0 saturated heterocycles. The lowest BCUT2D eigenvalue weighted by Gasteiger charge is -2.04. The summed E-state index contributed by atoms with van der Waals surface area (Å²) < 4.78 is 17.6. The van der Waals surface area contributed by atoms with E-state index in [4.69, 9.17) is 4.74 Å². The minimum Gasteiger partial charge on any atom is -0.385 e. The van der Waals surface area contributed by atoms with Gasteiger partial charge in [-0.15, -0.1) is 0 Å². The normalized spacial score (nSPS) is 10.6. The zero-order valence-electron chi connectivity index (χ0n) is 9.84. The molecule has 0 bridgehead atoms. The summed E-state index contributed by atoms with van der Waals surface area (Å²) in [6, 6.07) is 6.69. The monoisotopic (exact) mass is 225 g/mol. The molecule has 1 N–H and O–H groups in total. The molecule has 1 rings (SSSR count). The van der Waals surface area contributed by atoms with Crippen LogP contribution in [0, 0.1) is 5.82 Å². The first-order chi connectivity index (χ1) is 7.83. The van der Waals surface area contributed by atoms with Gasteiger partial charge in [-0.2, -0.15) is 0 Å². The first-order valence-corrected chi connectivity index (χ1v) is 5.77. The van der Waals surface area contributed by atoms with E-state index in [0.717, 1.165) is 39.0 Å². The molecular weight excluding hydrogens is 205 g/mol. The zero-order valence-corrected chi connectivity index (χ0v) is 9.84. The molecule has 2 nitrogen and oxygen atoms in total. The Morgan fingerprint density at radius 3 is 2.56 bits per heavy atom. The zero-order chi connectivity index (χ0) is 11.6. The number of nitrogens with one attached hydrogen (secondary N) is 1. The summed E-state index contributed by atoms with van der Waals surface area (Å²) >= 11 is 0. The van der Waals surface area contributed by atoms with Crippen LogP contribution in [0.2, 0.25) is 0 Å². The molecule has 1 aromatic rings. The molecule has 0 amide bonds. The van der Waals surface area contributed by atoms with Crippen molar-refractivity contribution in [1.29, 1.82) is 0 Å². The van der Waals surface area contributed by atoms with Gasteiger partial charge in [-0.1, -0.05) is 12.1 Å². The van der Waals surface area contributed by atoms with Crippen molar-refractivity contribution >= 4 is 0 Å². The molecule has 1 aromatic carbocycles. The number of unbranched alkanes of at least 4 members (excludes halogenated alkanes) is 1. The van der Waals surface area contributed by atoms with Crippen LogP contribution >= 0.6 is 0 Å². The molecule has 0 fully saturated rings. The van der Waals surface area contributed by atoms with Crippen LogP contribution in [0.15, 0.2) is 24.3 Å². The van der Waals surface area contributed by atoms with Crippen molar-refractivity contribution < 1.29 is 9.13 Å². The standard InChI is InChI=1S/C13H20FNO/c1-16-11-3-2-9-15-10-8-12-4-6-13(14)7-5-12/h4-7,15H,2-3,8-11H2,1H3. The molecule has 16 heavy (non-hydrogen) atoms. The number of ether oxygens (including phenoxy) is 1. The molecule has 0 radical (unpaired) electrons. The van der Waals surface area contributed by atoms with Gasteiger partial charge in [0.1, 0.15) is 5.82 Å². The van der Waals surface area contributed by atoms with E-state index < -0.39 is 0 Å². The van der Waals surface area contributed by atoms with Gasteiger partial charge in [0.2, 0.25) is 0 Å². The van der Waals surface area contributed by atoms with E-state index in [-0.39, 0.29) is 5.82 Å². The molecule has 0 heterocycles. The van der Waals surface area contributed by atoms with E-state index in [1.54, 1.807) is 7.11 Å². The van der Waals surface area contributed by atoms with E-state index in [9.17, 15) is 4.39 Å². The number of benzene rings is 1. The summed E-state index contributed by atoms with van der Waals surface area (Å²) in [5.74, 6) is -0.170. The number of hydrogen-bond acceptors (Lipinski definition) is 2. The lowest BCUT2D eigenvalue weighted by Crippen LogP contribution is -2.18. The fraction of sp³-hybridized carbons (Fsp3) is 0.538. The van der Waals surface area contributed by atoms with Gasteiger partial charge < -0.3 is 10.1 Å². The highest BCUT2D eigenvalue weighted by atomic mass is 19.1. The highest BCUT2D eigenvalue weighted by molar-refractivity contribution is 5.16. The highest BCUT2D eigenvalue weighted by Crippen LogP contribution is 2.02. The lowest BCUT2D eigenvalue weighted by atomic mass is 10.1. The molecule has 0 saturated carbocycles. The Labute approximate surface area is 96.8 Å². The summed E-state index contributed by atoms with van der Waals surface area (Å²) in [5.41, 5.74) is 1.17. The Kier molecular flexibility index (Phi) is 6.77. The third-order valence-electron chi connectivity index (χ3n) is 2.46. The summed E-state index contributed by atoms with van der Waals surface area (Å²) in [6.45, 7) is 2.79. The summed E-state index contributed by atoms with van der Waals surface area (Å²) in [6.07, 6.45) is 3.18. The van der Waals surface area contributed by atoms with Crippen LogP contribution in [0.5, 0.6) is 0 Å². The van der Waals surface area contributed by atoms with Gasteiger partial charge in [-0.25, -0.2) is 4.39 Å². The molecule has 3 heteroatoms. The van der Waals surface area contributed by atoms with Crippen molar-refractivity contribution in [1.82, 2.24) is 5.32 Å². The van der Waals surface area contributed by atoms with Gasteiger partial charge in [0, 0.05) is 13.7 Å². The predicted octanol–water partition coefficient (Wildman–Crippen LogP) is 2.38.